The SMILES string of the molecule is COc1cc([C@@H](O[Si](C)(C)C(C)(C)C)[C@H](CCOS(C)(=O)=O)OC2Cc3ccccc3C2)cc(OC)c1C. The van der Waals surface area contributed by atoms with Gasteiger partial charge in [-0.2, -0.15) is 8.42 Å². The Morgan fingerprint density at radius 2 is 1.53 bits per heavy atom. The monoisotopic (exact) mass is 564 g/mol. The summed E-state index contributed by atoms with van der Waals surface area (Å²) < 4.78 is 54.0. The van der Waals surface area contributed by atoms with Crippen LogP contribution in [0.4, 0.5) is 0 Å². The fourth-order valence-corrected chi connectivity index (χ4v) is 6.27. The van der Waals surface area contributed by atoms with E-state index in [9.17, 15) is 8.42 Å². The highest BCUT2D eigenvalue weighted by Gasteiger charge is 2.42. The summed E-state index contributed by atoms with van der Waals surface area (Å²) in [6.07, 6.45) is 2.02. The van der Waals surface area contributed by atoms with Crippen molar-refractivity contribution in [3.8, 4) is 11.5 Å². The number of methoxy groups -OCH3 is 2. The molecular weight excluding hydrogens is 520 g/mol. The minimum Gasteiger partial charge on any atom is -0.496 e. The van der Waals surface area contributed by atoms with E-state index in [0.717, 1.165) is 30.2 Å². The number of ether oxygens (including phenoxy) is 3. The predicted molar refractivity (Wildman–Crippen MR) is 153 cm³/mol. The van der Waals surface area contributed by atoms with Gasteiger partial charge in [-0.3, -0.25) is 4.18 Å². The third-order valence-corrected chi connectivity index (χ3v) is 12.8. The first-order valence-electron chi connectivity index (χ1n) is 13.1. The lowest BCUT2D eigenvalue weighted by Crippen LogP contribution is -2.45. The van der Waals surface area contributed by atoms with Crippen LogP contribution in [0.1, 0.15) is 55.5 Å². The van der Waals surface area contributed by atoms with Crippen molar-refractivity contribution in [1.29, 1.82) is 0 Å². The Bertz CT molecular complexity index is 1150. The van der Waals surface area contributed by atoms with Crippen LogP contribution in [-0.4, -0.2) is 56.0 Å². The molecule has 0 spiro atoms. The Balaban J connectivity index is 2.05. The first kappa shape index (κ1) is 30.6. The molecule has 0 heterocycles. The van der Waals surface area contributed by atoms with E-state index in [-0.39, 0.29) is 17.7 Å². The van der Waals surface area contributed by atoms with Crippen molar-refractivity contribution in [3.05, 3.63) is 58.7 Å². The standard InChI is InChI=1S/C29H44O7SSi/c1-20-26(32-5)18-23(19-27(20)33-6)28(36-38(8,9)29(2,3)4)25(14-15-34-37(7,30)31)35-24-16-21-12-10-11-13-22(21)17-24/h10-13,18-19,24-25,28H,14-17H2,1-9H3/t25-,28+/m0/s1. The largest absolute Gasteiger partial charge is 0.496 e. The van der Waals surface area contributed by atoms with E-state index < -0.39 is 30.6 Å². The summed E-state index contributed by atoms with van der Waals surface area (Å²) in [4.78, 5) is 0. The van der Waals surface area contributed by atoms with E-state index >= 15 is 0 Å². The fourth-order valence-electron chi connectivity index (χ4n) is 4.59. The molecule has 1 aliphatic rings. The van der Waals surface area contributed by atoms with Crippen molar-refractivity contribution < 1.29 is 31.2 Å². The lowest BCUT2D eigenvalue weighted by Gasteiger charge is -2.42. The molecule has 0 N–H and O–H groups in total. The van der Waals surface area contributed by atoms with Crippen LogP contribution in [0.25, 0.3) is 0 Å². The maximum atomic E-state index is 11.8. The van der Waals surface area contributed by atoms with Gasteiger partial charge in [0.05, 0.1) is 45.4 Å². The van der Waals surface area contributed by atoms with Crippen LogP contribution in [0, 0.1) is 6.92 Å². The predicted octanol–water partition coefficient (Wildman–Crippen LogP) is 5.99. The molecule has 0 unspecified atom stereocenters. The number of hydrogen-bond acceptors (Lipinski definition) is 7. The van der Waals surface area contributed by atoms with E-state index in [1.54, 1.807) is 14.2 Å². The quantitative estimate of drug-likeness (QED) is 0.231. The van der Waals surface area contributed by atoms with Gasteiger partial charge in [0, 0.05) is 12.0 Å². The molecule has 9 heteroatoms. The summed E-state index contributed by atoms with van der Waals surface area (Å²) in [6, 6.07) is 12.3. The van der Waals surface area contributed by atoms with Crippen molar-refractivity contribution in [1.82, 2.24) is 0 Å². The molecule has 0 bridgehead atoms. The van der Waals surface area contributed by atoms with Crippen LogP contribution >= 0.6 is 0 Å². The molecule has 0 aliphatic heterocycles. The van der Waals surface area contributed by atoms with E-state index in [1.165, 1.54) is 11.1 Å². The Morgan fingerprint density at radius 3 is 1.97 bits per heavy atom. The maximum Gasteiger partial charge on any atom is 0.264 e. The first-order chi connectivity index (χ1) is 17.6. The summed E-state index contributed by atoms with van der Waals surface area (Å²) in [5.74, 6) is 1.39. The van der Waals surface area contributed by atoms with Gasteiger partial charge in [-0.05, 0) is 66.7 Å². The second-order valence-electron chi connectivity index (χ2n) is 11.6. The lowest BCUT2D eigenvalue weighted by molar-refractivity contribution is -0.0773. The van der Waals surface area contributed by atoms with Crippen LogP contribution in [0.5, 0.6) is 11.5 Å². The van der Waals surface area contributed by atoms with Gasteiger partial charge in [0.25, 0.3) is 10.1 Å². The maximum absolute atomic E-state index is 11.8. The van der Waals surface area contributed by atoms with Crippen LogP contribution < -0.4 is 9.47 Å². The minimum absolute atomic E-state index is 0.000656. The average Bonchev–Trinajstić information content (AvgIpc) is 3.23. The number of rotatable bonds is 12. The molecule has 0 fully saturated rings. The van der Waals surface area contributed by atoms with Crippen molar-refractivity contribution in [3.63, 3.8) is 0 Å². The third-order valence-electron chi connectivity index (χ3n) is 7.75. The molecule has 0 saturated carbocycles. The molecule has 0 radical (unpaired) electrons. The van der Waals surface area contributed by atoms with Gasteiger partial charge < -0.3 is 18.6 Å². The highest BCUT2D eigenvalue weighted by atomic mass is 32.2. The first-order valence-corrected chi connectivity index (χ1v) is 17.8. The van der Waals surface area contributed by atoms with Gasteiger partial charge in [-0.25, -0.2) is 0 Å². The smallest absolute Gasteiger partial charge is 0.264 e. The third kappa shape index (κ3) is 7.60. The molecule has 1 aliphatic carbocycles. The summed E-state index contributed by atoms with van der Waals surface area (Å²) in [5, 5.41) is -0.0540. The van der Waals surface area contributed by atoms with E-state index in [2.05, 4.69) is 46.0 Å². The van der Waals surface area contributed by atoms with Crippen LogP contribution in [0.3, 0.4) is 0 Å². The molecule has 7 nitrogen and oxygen atoms in total. The molecule has 2 aromatic rings. The normalized spacial score (nSPS) is 16.2. The summed E-state index contributed by atoms with van der Waals surface area (Å²) in [5.41, 5.74) is 4.33. The molecule has 2 atom stereocenters. The highest BCUT2D eigenvalue weighted by molar-refractivity contribution is 7.85. The topological polar surface area (TPSA) is 80.3 Å². The van der Waals surface area contributed by atoms with Crippen molar-refractivity contribution in [2.75, 3.05) is 27.1 Å². The molecule has 0 aromatic heterocycles. The van der Waals surface area contributed by atoms with Crippen molar-refractivity contribution in [2.24, 2.45) is 0 Å². The molecule has 3 rings (SSSR count). The Hall–Kier alpha value is -1.91. The summed E-state index contributed by atoms with van der Waals surface area (Å²) >= 11 is 0. The Morgan fingerprint density at radius 1 is 1.00 bits per heavy atom. The Kier molecular flexibility index (Phi) is 9.74. The van der Waals surface area contributed by atoms with Crippen LogP contribution in [0.15, 0.2) is 36.4 Å². The number of benzene rings is 2. The molecular formula is C29H44O7SSi. The van der Waals surface area contributed by atoms with Gasteiger partial charge in [-0.1, -0.05) is 45.0 Å². The van der Waals surface area contributed by atoms with E-state index in [0.29, 0.717) is 17.9 Å². The second-order valence-corrected chi connectivity index (χ2v) is 18.0. The lowest BCUT2D eigenvalue weighted by atomic mass is 9.99. The van der Waals surface area contributed by atoms with E-state index in [4.69, 9.17) is 22.8 Å². The zero-order valence-electron chi connectivity index (χ0n) is 24.3. The Labute approximate surface area is 230 Å². The van der Waals surface area contributed by atoms with Crippen LogP contribution in [0.2, 0.25) is 18.1 Å². The zero-order chi connectivity index (χ0) is 28.3. The molecule has 0 amide bonds. The number of fused-ring (bicyclic) bond motifs is 1. The van der Waals surface area contributed by atoms with Gasteiger partial charge in [0.1, 0.15) is 11.5 Å². The second kappa shape index (κ2) is 12.1. The number of hydrogen-bond donors (Lipinski definition) is 0. The van der Waals surface area contributed by atoms with Crippen molar-refractivity contribution in [2.45, 2.75) is 83.4 Å². The van der Waals surface area contributed by atoms with Crippen molar-refractivity contribution >= 4 is 18.4 Å². The van der Waals surface area contributed by atoms with Crippen LogP contribution in [-0.2, 0) is 36.3 Å². The van der Waals surface area contributed by atoms with Gasteiger partial charge in [-0.15, -0.1) is 0 Å². The zero-order valence-corrected chi connectivity index (χ0v) is 26.1. The average molecular weight is 565 g/mol. The highest BCUT2D eigenvalue weighted by Crippen LogP contribution is 2.44. The summed E-state index contributed by atoms with van der Waals surface area (Å²) in [7, 11) is -2.62. The van der Waals surface area contributed by atoms with E-state index in [1.807, 2.05) is 31.2 Å². The molecule has 0 saturated heterocycles. The van der Waals surface area contributed by atoms with Gasteiger partial charge in [0.15, 0.2) is 8.32 Å². The van der Waals surface area contributed by atoms with Gasteiger partial charge in [0.2, 0.25) is 0 Å². The minimum atomic E-state index is -3.59. The fraction of sp³-hybridized carbons (Fsp3) is 0.586. The molecule has 2 aromatic carbocycles. The molecule has 38 heavy (non-hydrogen) atoms. The molecule has 212 valence electrons. The van der Waals surface area contributed by atoms with Gasteiger partial charge >= 0.3 is 0 Å². The summed E-state index contributed by atoms with van der Waals surface area (Å²) in [6.45, 7) is 13.0.